The number of carboxylic acid groups (broad SMARTS) is 1. The molecule has 8 heteroatoms. The Morgan fingerprint density at radius 3 is 2.32 bits per heavy atom. The molecule has 0 saturated carbocycles. The van der Waals surface area contributed by atoms with Crippen molar-refractivity contribution in [2.45, 2.75) is 44.7 Å². The number of halogens is 1. The second kappa shape index (κ2) is 11.0. The molecule has 2 aromatic carbocycles. The number of aliphatic carboxylic acids is 1. The van der Waals surface area contributed by atoms with E-state index in [9.17, 15) is 14.4 Å². The van der Waals surface area contributed by atoms with Gasteiger partial charge in [-0.25, -0.2) is 0 Å². The Labute approximate surface area is 203 Å². The lowest BCUT2D eigenvalue weighted by atomic mass is 9.94. The Morgan fingerprint density at radius 2 is 1.68 bits per heavy atom. The lowest BCUT2D eigenvalue weighted by molar-refractivity contribution is -0.137. The number of furan rings is 1. The summed E-state index contributed by atoms with van der Waals surface area (Å²) in [4.78, 5) is 37.0. The zero-order valence-electron chi connectivity index (χ0n) is 19.0. The second-order valence-corrected chi connectivity index (χ2v) is 9.10. The summed E-state index contributed by atoms with van der Waals surface area (Å²) in [6, 6.07) is 18.8. The molecule has 3 aromatic rings. The van der Waals surface area contributed by atoms with Crippen LogP contribution in [0.15, 0.2) is 71.1 Å². The average Bonchev–Trinajstić information content (AvgIpc) is 3.28. The monoisotopic (exact) mass is 482 g/mol. The summed E-state index contributed by atoms with van der Waals surface area (Å²) in [6.07, 6.45) is 0.188. The highest BCUT2D eigenvalue weighted by atomic mass is 35.5. The molecular formula is C26H27ClN2O5. The fraction of sp³-hybridized carbons (Fsp3) is 0.269. The highest BCUT2D eigenvalue weighted by Crippen LogP contribution is 2.22. The summed E-state index contributed by atoms with van der Waals surface area (Å²) in [5.41, 5.74) is 1.14. The van der Waals surface area contributed by atoms with Gasteiger partial charge in [-0.2, -0.15) is 0 Å². The number of hydrogen-bond acceptors (Lipinski definition) is 4. The Kier molecular flexibility index (Phi) is 8.12. The molecule has 178 valence electrons. The molecule has 7 nitrogen and oxygen atoms in total. The van der Waals surface area contributed by atoms with Crippen LogP contribution in [0.2, 0.25) is 5.02 Å². The van der Waals surface area contributed by atoms with Gasteiger partial charge in [0, 0.05) is 22.5 Å². The molecular weight excluding hydrogens is 456 g/mol. The standard InChI is InChI=1S/C26H27ClN2O5/c1-26(2,16-17-8-10-19(27)11-9-17)29-24(32)20(12-15-23(30)31)28-25(33)22-14-13-21(34-22)18-6-4-3-5-7-18/h3-11,13-14,20H,12,15-16H2,1-2H3,(H,28,33)(H,29,32)(H,30,31)/t20-/m0/s1. The first-order valence-corrected chi connectivity index (χ1v) is 11.3. The van der Waals surface area contributed by atoms with Gasteiger partial charge in [0.25, 0.3) is 5.91 Å². The van der Waals surface area contributed by atoms with Crippen molar-refractivity contribution >= 4 is 29.4 Å². The van der Waals surface area contributed by atoms with Gasteiger partial charge in [0.1, 0.15) is 11.8 Å². The minimum absolute atomic E-state index is 0.0346. The van der Waals surface area contributed by atoms with Gasteiger partial charge in [0.15, 0.2) is 5.76 Å². The van der Waals surface area contributed by atoms with E-state index in [2.05, 4.69) is 10.6 Å². The third-order valence-electron chi connectivity index (χ3n) is 5.18. The highest BCUT2D eigenvalue weighted by molar-refractivity contribution is 6.30. The van der Waals surface area contributed by atoms with E-state index in [4.69, 9.17) is 21.1 Å². The molecule has 0 radical (unpaired) electrons. The van der Waals surface area contributed by atoms with Crippen LogP contribution in [0.5, 0.6) is 0 Å². The first-order valence-electron chi connectivity index (χ1n) is 10.9. The molecule has 0 bridgehead atoms. The van der Waals surface area contributed by atoms with Crippen LogP contribution in [0.1, 0.15) is 42.8 Å². The summed E-state index contributed by atoms with van der Waals surface area (Å²) >= 11 is 5.94. The zero-order valence-corrected chi connectivity index (χ0v) is 19.8. The number of carbonyl (C=O) groups is 3. The molecule has 0 unspecified atom stereocenters. The predicted molar refractivity (Wildman–Crippen MR) is 130 cm³/mol. The molecule has 0 aliphatic rings. The molecule has 2 amide bonds. The number of rotatable bonds is 10. The molecule has 0 spiro atoms. The normalized spacial score (nSPS) is 12.1. The lowest BCUT2D eigenvalue weighted by Crippen LogP contribution is -2.54. The van der Waals surface area contributed by atoms with E-state index in [0.717, 1.165) is 11.1 Å². The van der Waals surface area contributed by atoms with Crippen molar-refractivity contribution in [2.24, 2.45) is 0 Å². The minimum Gasteiger partial charge on any atom is -0.481 e. The maximum Gasteiger partial charge on any atom is 0.303 e. The van der Waals surface area contributed by atoms with E-state index in [1.165, 1.54) is 6.07 Å². The second-order valence-electron chi connectivity index (χ2n) is 8.66. The molecule has 0 aliphatic carbocycles. The van der Waals surface area contributed by atoms with Gasteiger partial charge in [-0.3, -0.25) is 14.4 Å². The van der Waals surface area contributed by atoms with E-state index in [1.54, 1.807) is 18.2 Å². The fourth-order valence-electron chi connectivity index (χ4n) is 3.56. The molecule has 0 aliphatic heterocycles. The number of carbonyl (C=O) groups excluding carboxylic acids is 2. The summed E-state index contributed by atoms with van der Waals surface area (Å²) in [7, 11) is 0. The predicted octanol–water partition coefficient (Wildman–Crippen LogP) is 4.70. The van der Waals surface area contributed by atoms with Crippen LogP contribution < -0.4 is 10.6 Å². The maximum atomic E-state index is 13.0. The van der Waals surface area contributed by atoms with Gasteiger partial charge >= 0.3 is 5.97 Å². The van der Waals surface area contributed by atoms with E-state index in [0.29, 0.717) is 17.2 Å². The largest absolute Gasteiger partial charge is 0.481 e. The Bertz CT molecular complexity index is 1140. The van der Waals surface area contributed by atoms with E-state index < -0.39 is 29.4 Å². The van der Waals surface area contributed by atoms with Crippen molar-refractivity contribution in [3.63, 3.8) is 0 Å². The molecule has 1 aromatic heterocycles. The van der Waals surface area contributed by atoms with Crippen LogP contribution in [-0.4, -0.2) is 34.5 Å². The third kappa shape index (κ3) is 7.22. The average molecular weight is 483 g/mol. The van der Waals surface area contributed by atoms with Crippen molar-refractivity contribution < 1.29 is 23.9 Å². The molecule has 1 atom stereocenters. The molecule has 0 saturated heterocycles. The number of benzene rings is 2. The van der Waals surface area contributed by atoms with Crippen molar-refractivity contribution in [1.29, 1.82) is 0 Å². The van der Waals surface area contributed by atoms with Crippen LogP contribution in [0.4, 0.5) is 0 Å². The Balaban J connectivity index is 1.69. The van der Waals surface area contributed by atoms with Crippen LogP contribution in [0, 0.1) is 0 Å². The molecule has 0 fully saturated rings. The van der Waals surface area contributed by atoms with Crippen molar-refractivity contribution in [3.05, 3.63) is 83.1 Å². The van der Waals surface area contributed by atoms with Gasteiger partial charge in [0.2, 0.25) is 5.91 Å². The smallest absolute Gasteiger partial charge is 0.303 e. The van der Waals surface area contributed by atoms with Gasteiger partial charge in [-0.15, -0.1) is 0 Å². The zero-order chi connectivity index (χ0) is 24.7. The minimum atomic E-state index is -1.06. The topological polar surface area (TPSA) is 109 Å². The lowest BCUT2D eigenvalue weighted by Gasteiger charge is -2.29. The van der Waals surface area contributed by atoms with Crippen LogP contribution in [0.3, 0.4) is 0 Å². The van der Waals surface area contributed by atoms with Crippen LogP contribution in [0.25, 0.3) is 11.3 Å². The third-order valence-corrected chi connectivity index (χ3v) is 5.43. The summed E-state index contributed by atoms with van der Waals surface area (Å²) in [5, 5.41) is 15.3. The first-order chi connectivity index (χ1) is 16.1. The van der Waals surface area contributed by atoms with E-state index in [1.807, 2.05) is 56.3 Å². The summed E-state index contributed by atoms with van der Waals surface area (Å²) < 4.78 is 5.66. The molecule has 3 N–H and O–H groups in total. The van der Waals surface area contributed by atoms with Crippen LogP contribution >= 0.6 is 11.6 Å². The number of hydrogen-bond donors (Lipinski definition) is 3. The number of amides is 2. The van der Waals surface area contributed by atoms with E-state index in [-0.39, 0.29) is 18.6 Å². The highest BCUT2D eigenvalue weighted by Gasteiger charge is 2.29. The number of nitrogens with one attached hydrogen (secondary N) is 2. The molecule has 34 heavy (non-hydrogen) atoms. The maximum absolute atomic E-state index is 13.0. The van der Waals surface area contributed by atoms with Crippen molar-refractivity contribution in [3.8, 4) is 11.3 Å². The van der Waals surface area contributed by atoms with Crippen molar-refractivity contribution in [2.75, 3.05) is 0 Å². The van der Waals surface area contributed by atoms with Gasteiger partial charge < -0.3 is 20.2 Å². The van der Waals surface area contributed by atoms with E-state index >= 15 is 0 Å². The quantitative estimate of drug-likeness (QED) is 0.388. The summed E-state index contributed by atoms with van der Waals surface area (Å²) in [6.45, 7) is 3.71. The molecule has 3 rings (SSSR count). The first kappa shape index (κ1) is 25.1. The van der Waals surface area contributed by atoms with Gasteiger partial charge in [-0.05, 0) is 56.5 Å². The molecule has 1 heterocycles. The fourth-order valence-corrected chi connectivity index (χ4v) is 3.69. The Morgan fingerprint density at radius 1 is 1.00 bits per heavy atom. The summed E-state index contributed by atoms with van der Waals surface area (Å²) in [5.74, 6) is -1.57. The van der Waals surface area contributed by atoms with Gasteiger partial charge in [0.05, 0.1) is 0 Å². The van der Waals surface area contributed by atoms with Crippen LogP contribution in [-0.2, 0) is 16.0 Å². The number of carboxylic acids is 1. The van der Waals surface area contributed by atoms with Crippen molar-refractivity contribution in [1.82, 2.24) is 10.6 Å². The van der Waals surface area contributed by atoms with Gasteiger partial charge in [-0.1, -0.05) is 54.1 Å². The SMILES string of the molecule is CC(C)(Cc1ccc(Cl)cc1)NC(=O)[C@H](CCC(=O)O)NC(=O)c1ccc(-c2ccccc2)o1. The Hall–Kier alpha value is -3.58.